The number of aryl methyl sites for hydroxylation is 2. The van der Waals surface area contributed by atoms with E-state index in [1.54, 1.807) is 18.9 Å². The number of carbonyl (C=O) groups excluding carboxylic acids is 2. The van der Waals surface area contributed by atoms with Gasteiger partial charge in [-0.05, 0) is 34.6 Å². The van der Waals surface area contributed by atoms with E-state index in [2.05, 4.69) is 15.7 Å². The van der Waals surface area contributed by atoms with Crippen molar-refractivity contribution in [3.8, 4) is 0 Å². The number of hydrogen-bond acceptors (Lipinski definition) is 3. The zero-order chi connectivity index (χ0) is 16.2. The maximum atomic E-state index is 12.0. The molecule has 0 bridgehead atoms. The first kappa shape index (κ1) is 17.0. The van der Waals surface area contributed by atoms with Gasteiger partial charge in [-0.1, -0.05) is 0 Å². The number of rotatable bonds is 5. The Bertz CT molecular complexity index is 524. The number of hydrogen-bond donors (Lipinski definition) is 2. The minimum absolute atomic E-state index is 0.120. The number of carbonyl (C=O) groups is 2. The van der Waals surface area contributed by atoms with E-state index in [4.69, 9.17) is 0 Å². The second kappa shape index (κ2) is 7.10. The monoisotopic (exact) mass is 295 g/mol. The van der Waals surface area contributed by atoms with Gasteiger partial charge >= 0.3 is 6.03 Å². The molecule has 0 radical (unpaired) electrons. The molecule has 0 fully saturated rings. The molecular formula is C14H25N5O2. The second-order valence-electron chi connectivity index (χ2n) is 5.03. The summed E-state index contributed by atoms with van der Waals surface area (Å²) in [5.41, 5.74) is 2.35. The molecule has 0 aliphatic heterocycles. The van der Waals surface area contributed by atoms with Gasteiger partial charge in [0.1, 0.15) is 6.04 Å². The second-order valence-corrected chi connectivity index (χ2v) is 5.03. The van der Waals surface area contributed by atoms with Gasteiger partial charge in [-0.3, -0.25) is 9.48 Å². The molecule has 0 saturated carbocycles. The van der Waals surface area contributed by atoms with Gasteiger partial charge in [0.05, 0.1) is 17.1 Å². The van der Waals surface area contributed by atoms with Crippen molar-refractivity contribution in [2.45, 2.75) is 47.2 Å². The number of anilines is 1. The standard InChI is InChI=1S/C14H25N5O2/c1-7-18(6)13(20)10(4)15-14(21)16-12-9(3)17-19(8-2)11(12)5/h10H,7-8H2,1-6H3,(H2,15,16,21). The molecule has 118 valence electrons. The van der Waals surface area contributed by atoms with Crippen molar-refractivity contribution >= 4 is 17.6 Å². The van der Waals surface area contributed by atoms with Crippen LogP contribution in [0, 0.1) is 13.8 Å². The van der Waals surface area contributed by atoms with Crippen LogP contribution < -0.4 is 10.6 Å². The molecule has 0 aliphatic carbocycles. The molecule has 0 saturated heterocycles. The van der Waals surface area contributed by atoms with Crippen LogP contribution in [0.3, 0.4) is 0 Å². The average molecular weight is 295 g/mol. The number of amides is 3. The fourth-order valence-corrected chi connectivity index (χ4v) is 2.08. The normalized spacial score (nSPS) is 11.9. The van der Waals surface area contributed by atoms with Gasteiger partial charge in [0.2, 0.25) is 5.91 Å². The van der Waals surface area contributed by atoms with Gasteiger partial charge in [-0.2, -0.15) is 5.10 Å². The van der Waals surface area contributed by atoms with Crippen molar-refractivity contribution in [3.63, 3.8) is 0 Å². The first-order valence-electron chi connectivity index (χ1n) is 7.18. The van der Waals surface area contributed by atoms with E-state index in [-0.39, 0.29) is 5.91 Å². The van der Waals surface area contributed by atoms with Crippen molar-refractivity contribution in [3.05, 3.63) is 11.4 Å². The Morgan fingerprint density at radius 1 is 1.33 bits per heavy atom. The van der Waals surface area contributed by atoms with Crippen LogP contribution in [0.1, 0.15) is 32.2 Å². The fraction of sp³-hybridized carbons (Fsp3) is 0.643. The van der Waals surface area contributed by atoms with Crippen molar-refractivity contribution in [1.82, 2.24) is 20.0 Å². The van der Waals surface area contributed by atoms with E-state index in [9.17, 15) is 9.59 Å². The molecule has 1 rings (SSSR count). The SMILES string of the molecule is CCN(C)C(=O)C(C)NC(=O)Nc1c(C)nn(CC)c1C. The summed E-state index contributed by atoms with van der Waals surface area (Å²) in [5, 5.41) is 9.76. The molecule has 7 heteroatoms. The third-order valence-corrected chi connectivity index (χ3v) is 3.49. The predicted octanol–water partition coefficient (Wildman–Crippen LogP) is 1.51. The molecule has 21 heavy (non-hydrogen) atoms. The predicted molar refractivity (Wildman–Crippen MR) is 82.3 cm³/mol. The van der Waals surface area contributed by atoms with E-state index in [1.165, 1.54) is 0 Å². The highest BCUT2D eigenvalue weighted by molar-refractivity contribution is 5.94. The topological polar surface area (TPSA) is 79.3 Å². The summed E-state index contributed by atoms with van der Waals surface area (Å²) in [6, 6.07) is -0.973. The number of nitrogens with zero attached hydrogens (tertiary/aromatic N) is 3. The highest BCUT2D eigenvalue weighted by Gasteiger charge is 2.20. The molecule has 0 aromatic carbocycles. The molecule has 1 unspecified atom stereocenters. The summed E-state index contributed by atoms with van der Waals surface area (Å²) in [6.07, 6.45) is 0. The largest absolute Gasteiger partial charge is 0.344 e. The Morgan fingerprint density at radius 2 is 1.95 bits per heavy atom. The Labute approximate surface area is 125 Å². The lowest BCUT2D eigenvalue weighted by Gasteiger charge is -2.20. The van der Waals surface area contributed by atoms with E-state index in [0.717, 1.165) is 17.9 Å². The van der Waals surface area contributed by atoms with Crippen LogP contribution in [0.4, 0.5) is 10.5 Å². The minimum Gasteiger partial charge on any atom is -0.344 e. The molecule has 1 atom stereocenters. The van der Waals surface area contributed by atoms with Gasteiger partial charge in [0.15, 0.2) is 0 Å². The van der Waals surface area contributed by atoms with E-state index in [1.807, 2.05) is 32.4 Å². The van der Waals surface area contributed by atoms with E-state index in [0.29, 0.717) is 12.2 Å². The van der Waals surface area contributed by atoms with Gasteiger partial charge in [-0.15, -0.1) is 0 Å². The summed E-state index contributed by atoms with van der Waals surface area (Å²) < 4.78 is 1.82. The molecule has 1 aromatic rings. The Hall–Kier alpha value is -2.05. The lowest BCUT2D eigenvalue weighted by Crippen LogP contribution is -2.46. The highest BCUT2D eigenvalue weighted by atomic mass is 16.2. The summed E-state index contributed by atoms with van der Waals surface area (Å²) in [7, 11) is 1.71. The van der Waals surface area contributed by atoms with Gasteiger partial charge in [0.25, 0.3) is 0 Å². The lowest BCUT2D eigenvalue weighted by atomic mass is 10.3. The molecule has 0 aliphatic rings. The average Bonchev–Trinajstić information content (AvgIpc) is 2.72. The zero-order valence-corrected chi connectivity index (χ0v) is 13.6. The third kappa shape index (κ3) is 3.96. The number of likely N-dealkylation sites (N-methyl/N-ethyl adjacent to an activating group) is 1. The maximum Gasteiger partial charge on any atom is 0.319 e. The fourth-order valence-electron chi connectivity index (χ4n) is 2.08. The first-order chi connectivity index (χ1) is 9.81. The Kier molecular flexibility index (Phi) is 5.75. The van der Waals surface area contributed by atoms with Crippen molar-refractivity contribution in [1.29, 1.82) is 0 Å². The minimum atomic E-state index is -0.572. The third-order valence-electron chi connectivity index (χ3n) is 3.49. The van der Waals surface area contributed by atoms with Crippen LogP contribution >= 0.6 is 0 Å². The molecule has 1 aromatic heterocycles. The van der Waals surface area contributed by atoms with E-state index >= 15 is 0 Å². The first-order valence-corrected chi connectivity index (χ1v) is 7.18. The van der Waals surface area contributed by atoms with Crippen molar-refractivity contribution in [2.75, 3.05) is 18.9 Å². The van der Waals surface area contributed by atoms with Crippen LogP contribution in [0.25, 0.3) is 0 Å². The van der Waals surface area contributed by atoms with Gasteiger partial charge in [-0.25, -0.2) is 4.79 Å². The van der Waals surface area contributed by atoms with Crippen LogP contribution in [0.15, 0.2) is 0 Å². The molecule has 3 amide bonds. The number of aromatic nitrogens is 2. The Morgan fingerprint density at radius 3 is 2.43 bits per heavy atom. The molecule has 0 spiro atoms. The van der Waals surface area contributed by atoms with Crippen LogP contribution in [-0.4, -0.2) is 46.3 Å². The lowest BCUT2D eigenvalue weighted by molar-refractivity contribution is -0.131. The molecular weight excluding hydrogens is 270 g/mol. The van der Waals surface area contributed by atoms with E-state index < -0.39 is 12.1 Å². The van der Waals surface area contributed by atoms with Crippen LogP contribution in [0.2, 0.25) is 0 Å². The quantitative estimate of drug-likeness (QED) is 0.864. The summed E-state index contributed by atoms with van der Waals surface area (Å²) in [4.78, 5) is 25.5. The van der Waals surface area contributed by atoms with Crippen molar-refractivity contribution < 1.29 is 9.59 Å². The number of urea groups is 1. The summed E-state index contributed by atoms with van der Waals surface area (Å²) in [6.45, 7) is 10.6. The zero-order valence-electron chi connectivity index (χ0n) is 13.6. The van der Waals surface area contributed by atoms with Crippen LogP contribution in [-0.2, 0) is 11.3 Å². The van der Waals surface area contributed by atoms with Gasteiger partial charge in [0, 0.05) is 20.1 Å². The molecule has 7 nitrogen and oxygen atoms in total. The summed E-state index contributed by atoms with van der Waals surface area (Å²) in [5.74, 6) is -0.120. The molecule has 2 N–H and O–H groups in total. The van der Waals surface area contributed by atoms with Gasteiger partial charge < -0.3 is 15.5 Å². The molecule has 1 heterocycles. The Balaban J connectivity index is 2.70. The van der Waals surface area contributed by atoms with Crippen LogP contribution in [0.5, 0.6) is 0 Å². The highest BCUT2D eigenvalue weighted by Crippen LogP contribution is 2.19. The van der Waals surface area contributed by atoms with Crippen molar-refractivity contribution in [2.24, 2.45) is 0 Å². The number of nitrogens with one attached hydrogen (secondary N) is 2. The smallest absolute Gasteiger partial charge is 0.319 e. The summed E-state index contributed by atoms with van der Waals surface area (Å²) >= 11 is 0. The maximum absolute atomic E-state index is 12.0.